The van der Waals surface area contributed by atoms with Crippen molar-refractivity contribution in [1.29, 1.82) is 0 Å². The van der Waals surface area contributed by atoms with Crippen LogP contribution in [0.2, 0.25) is 0 Å². The van der Waals surface area contributed by atoms with Crippen LogP contribution in [0.4, 0.5) is 5.69 Å². The van der Waals surface area contributed by atoms with Crippen LogP contribution in [0, 0.1) is 5.92 Å². The van der Waals surface area contributed by atoms with Gasteiger partial charge in [-0.1, -0.05) is 13.8 Å². The zero-order chi connectivity index (χ0) is 9.68. The summed E-state index contributed by atoms with van der Waals surface area (Å²) in [7, 11) is 0. The van der Waals surface area contributed by atoms with Crippen molar-refractivity contribution in [2.24, 2.45) is 5.92 Å². The first kappa shape index (κ1) is 9.71. The quantitative estimate of drug-likeness (QED) is 0.769. The average molecular weight is 178 g/mol. The number of nitrogens with zero attached hydrogens (tertiary/aromatic N) is 1. The molecule has 1 aromatic heterocycles. The lowest BCUT2D eigenvalue weighted by molar-refractivity contribution is -0.119. The van der Waals surface area contributed by atoms with E-state index in [0.717, 1.165) is 12.1 Å². The Balaban J connectivity index is 2.55. The molecular formula is C10H14N2O. The molecule has 0 aliphatic rings. The minimum absolute atomic E-state index is 0.0514. The minimum Gasteiger partial charge on any atom is -0.324 e. The summed E-state index contributed by atoms with van der Waals surface area (Å²) < 4.78 is 0. The smallest absolute Gasteiger partial charge is 0.227 e. The molecule has 0 radical (unpaired) electrons. The Hall–Kier alpha value is -1.38. The van der Waals surface area contributed by atoms with Crippen LogP contribution in [0.5, 0.6) is 0 Å². The highest BCUT2D eigenvalue weighted by atomic mass is 16.1. The number of rotatable bonds is 3. The molecule has 1 aromatic rings. The predicted molar refractivity (Wildman–Crippen MR) is 52.3 cm³/mol. The van der Waals surface area contributed by atoms with Crippen LogP contribution in [-0.4, -0.2) is 10.9 Å². The summed E-state index contributed by atoms with van der Waals surface area (Å²) in [6.07, 6.45) is 4.17. The molecule has 0 saturated heterocycles. The van der Waals surface area contributed by atoms with E-state index in [1.807, 2.05) is 19.9 Å². The van der Waals surface area contributed by atoms with Crippen molar-refractivity contribution >= 4 is 11.6 Å². The molecule has 0 aromatic carbocycles. The van der Waals surface area contributed by atoms with Crippen LogP contribution < -0.4 is 5.32 Å². The molecule has 0 fully saturated rings. The number of carbonyl (C=O) groups is 1. The van der Waals surface area contributed by atoms with E-state index in [1.165, 1.54) is 0 Å². The number of carbonyl (C=O) groups excluding carboxylic acids is 1. The summed E-state index contributed by atoms with van der Waals surface area (Å²) in [5, 5.41) is 2.79. The van der Waals surface area contributed by atoms with E-state index < -0.39 is 0 Å². The van der Waals surface area contributed by atoms with Gasteiger partial charge in [-0.15, -0.1) is 0 Å². The standard InChI is InChI=1S/C10H14N2O/c1-3-8(2)10(13)12-9-5-4-6-11-7-9/h4-8H,3H2,1-2H3,(H,12,13). The highest BCUT2D eigenvalue weighted by molar-refractivity contribution is 5.91. The molecule has 0 aliphatic heterocycles. The van der Waals surface area contributed by atoms with E-state index in [0.29, 0.717) is 0 Å². The fourth-order valence-corrected chi connectivity index (χ4v) is 0.888. The third kappa shape index (κ3) is 2.86. The van der Waals surface area contributed by atoms with Gasteiger partial charge in [0.25, 0.3) is 0 Å². The SMILES string of the molecule is CCC(C)C(=O)Nc1cccnc1. The fourth-order valence-electron chi connectivity index (χ4n) is 0.888. The highest BCUT2D eigenvalue weighted by Gasteiger charge is 2.09. The summed E-state index contributed by atoms with van der Waals surface area (Å²) in [6.45, 7) is 3.90. The van der Waals surface area contributed by atoms with Gasteiger partial charge in [-0.25, -0.2) is 0 Å². The Labute approximate surface area is 78.2 Å². The number of aromatic nitrogens is 1. The second kappa shape index (κ2) is 4.60. The van der Waals surface area contributed by atoms with E-state index in [9.17, 15) is 4.79 Å². The Bertz CT molecular complexity index is 272. The lowest BCUT2D eigenvalue weighted by atomic mass is 10.1. The maximum atomic E-state index is 11.4. The second-order valence-electron chi connectivity index (χ2n) is 3.04. The zero-order valence-corrected chi connectivity index (χ0v) is 7.95. The van der Waals surface area contributed by atoms with Crippen molar-refractivity contribution in [3.63, 3.8) is 0 Å². The van der Waals surface area contributed by atoms with Gasteiger partial charge >= 0.3 is 0 Å². The molecule has 0 saturated carbocycles. The van der Waals surface area contributed by atoms with Gasteiger partial charge in [-0.05, 0) is 18.6 Å². The van der Waals surface area contributed by atoms with E-state index >= 15 is 0 Å². The van der Waals surface area contributed by atoms with Crippen LogP contribution in [0.1, 0.15) is 20.3 Å². The van der Waals surface area contributed by atoms with Crippen molar-refractivity contribution < 1.29 is 4.79 Å². The van der Waals surface area contributed by atoms with Crippen LogP contribution >= 0.6 is 0 Å². The maximum Gasteiger partial charge on any atom is 0.227 e. The normalized spacial score (nSPS) is 12.2. The van der Waals surface area contributed by atoms with Crippen molar-refractivity contribution in [2.75, 3.05) is 5.32 Å². The maximum absolute atomic E-state index is 11.4. The van der Waals surface area contributed by atoms with E-state index in [4.69, 9.17) is 0 Å². The van der Waals surface area contributed by atoms with Gasteiger partial charge in [-0.3, -0.25) is 9.78 Å². The van der Waals surface area contributed by atoms with Crippen molar-refractivity contribution in [2.45, 2.75) is 20.3 Å². The van der Waals surface area contributed by atoms with Gasteiger partial charge in [0, 0.05) is 12.1 Å². The first-order valence-electron chi connectivity index (χ1n) is 4.45. The molecule has 1 unspecified atom stereocenters. The van der Waals surface area contributed by atoms with Crippen LogP contribution in [0.25, 0.3) is 0 Å². The lowest BCUT2D eigenvalue weighted by Gasteiger charge is -2.08. The molecule has 13 heavy (non-hydrogen) atoms. The van der Waals surface area contributed by atoms with Crippen molar-refractivity contribution in [3.05, 3.63) is 24.5 Å². The predicted octanol–water partition coefficient (Wildman–Crippen LogP) is 2.07. The summed E-state index contributed by atoms with van der Waals surface area (Å²) in [5.74, 6) is 0.107. The molecule has 0 bridgehead atoms. The average Bonchev–Trinajstić information content (AvgIpc) is 2.18. The molecule has 1 amide bonds. The number of anilines is 1. The number of pyridine rings is 1. The van der Waals surface area contributed by atoms with Gasteiger partial charge in [0.2, 0.25) is 5.91 Å². The lowest BCUT2D eigenvalue weighted by Crippen LogP contribution is -2.19. The van der Waals surface area contributed by atoms with Gasteiger partial charge < -0.3 is 5.32 Å². The summed E-state index contributed by atoms with van der Waals surface area (Å²) in [5.41, 5.74) is 0.757. The van der Waals surface area contributed by atoms with Crippen LogP contribution in [0.3, 0.4) is 0 Å². The highest BCUT2D eigenvalue weighted by Crippen LogP contribution is 2.07. The van der Waals surface area contributed by atoms with Crippen molar-refractivity contribution in [3.8, 4) is 0 Å². The molecule has 1 rings (SSSR count). The van der Waals surface area contributed by atoms with Gasteiger partial charge in [0.1, 0.15) is 0 Å². The van der Waals surface area contributed by atoms with Gasteiger partial charge in [-0.2, -0.15) is 0 Å². The molecule has 1 N–H and O–H groups in total. The van der Waals surface area contributed by atoms with Crippen molar-refractivity contribution in [1.82, 2.24) is 4.98 Å². The molecule has 0 spiro atoms. The molecule has 1 atom stereocenters. The summed E-state index contributed by atoms with van der Waals surface area (Å²) in [6, 6.07) is 3.62. The fraction of sp³-hybridized carbons (Fsp3) is 0.400. The van der Waals surface area contributed by atoms with Gasteiger partial charge in [0.15, 0.2) is 0 Å². The summed E-state index contributed by atoms with van der Waals surface area (Å²) >= 11 is 0. The topological polar surface area (TPSA) is 42.0 Å². The number of hydrogen-bond donors (Lipinski definition) is 1. The Morgan fingerprint density at radius 2 is 2.46 bits per heavy atom. The Morgan fingerprint density at radius 1 is 1.69 bits per heavy atom. The van der Waals surface area contributed by atoms with E-state index in [-0.39, 0.29) is 11.8 Å². The van der Waals surface area contributed by atoms with E-state index in [2.05, 4.69) is 10.3 Å². The Morgan fingerprint density at radius 3 is 3.00 bits per heavy atom. The molecule has 0 aliphatic carbocycles. The third-order valence-electron chi connectivity index (χ3n) is 1.99. The first-order chi connectivity index (χ1) is 6.24. The van der Waals surface area contributed by atoms with E-state index in [1.54, 1.807) is 18.5 Å². The number of amides is 1. The number of hydrogen-bond acceptors (Lipinski definition) is 2. The summed E-state index contributed by atoms with van der Waals surface area (Å²) in [4.78, 5) is 15.3. The number of nitrogens with one attached hydrogen (secondary N) is 1. The third-order valence-corrected chi connectivity index (χ3v) is 1.99. The first-order valence-corrected chi connectivity index (χ1v) is 4.45. The minimum atomic E-state index is 0.0514. The molecule has 3 heteroatoms. The van der Waals surface area contributed by atoms with Crippen LogP contribution in [0.15, 0.2) is 24.5 Å². The molecule has 70 valence electrons. The van der Waals surface area contributed by atoms with Gasteiger partial charge in [0.05, 0.1) is 11.9 Å². The molecule has 3 nitrogen and oxygen atoms in total. The van der Waals surface area contributed by atoms with Crippen LogP contribution in [-0.2, 0) is 4.79 Å². The zero-order valence-electron chi connectivity index (χ0n) is 7.95. The monoisotopic (exact) mass is 178 g/mol. The second-order valence-corrected chi connectivity index (χ2v) is 3.04. The largest absolute Gasteiger partial charge is 0.324 e. The molecular weight excluding hydrogens is 164 g/mol. The molecule has 1 heterocycles. The Kier molecular flexibility index (Phi) is 3.43.